The molecule has 0 aliphatic carbocycles. The van der Waals surface area contributed by atoms with Gasteiger partial charge in [-0.15, -0.1) is 0 Å². The van der Waals surface area contributed by atoms with E-state index in [4.69, 9.17) is 4.74 Å². The maximum atomic E-state index is 5.24. The van der Waals surface area contributed by atoms with Gasteiger partial charge in [0.25, 0.3) is 0 Å². The van der Waals surface area contributed by atoms with Gasteiger partial charge in [0.05, 0.1) is 12.9 Å². The molecule has 0 bridgehead atoms. The van der Waals surface area contributed by atoms with Crippen LogP contribution in [0.2, 0.25) is 0 Å². The molecule has 0 radical (unpaired) electrons. The van der Waals surface area contributed by atoms with Crippen LogP contribution >= 0.6 is 0 Å². The number of hydrogen-bond donors (Lipinski definition) is 1. The number of ether oxygens (including phenoxy) is 1. The predicted octanol–water partition coefficient (Wildman–Crippen LogP) is 2.71. The molecular formula is C11H23NO. The van der Waals surface area contributed by atoms with Crippen molar-refractivity contribution in [1.29, 1.82) is 0 Å². The van der Waals surface area contributed by atoms with Crippen molar-refractivity contribution in [3.05, 3.63) is 11.8 Å². The molecule has 0 saturated carbocycles. The van der Waals surface area contributed by atoms with Crippen molar-refractivity contribution < 1.29 is 4.74 Å². The molecule has 0 aromatic rings. The lowest BCUT2D eigenvalue weighted by molar-refractivity contribution is 0.272. The molecule has 0 spiro atoms. The maximum Gasteiger partial charge on any atom is 0.0915 e. The third-order valence-corrected chi connectivity index (χ3v) is 2.04. The SMILES string of the molecule is CC/C=C(\CCCCCNC)OC. The molecule has 2 heteroatoms. The first-order valence-electron chi connectivity index (χ1n) is 5.22. The molecule has 0 aliphatic rings. The van der Waals surface area contributed by atoms with Crippen molar-refractivity contribution in [1.82, 2.24) is 5.32 Å². The van der Waals surface area contributed by atoms with E-state index < -0.39 is 0 Å². The number of methoxy groups -OCH3 is 1. The monoisotopic (exact) mass is 185 g/mol. The second-order valence-electron chi connectivity index (χ2n) is 3.20. The molecule has 0 unspecified atom stereocenters. The van der Waals surface area contributed by atoms with Crippen LogP contribution in [0.1, 0.15) is 39.0 Å². The molecule has 1 N–H and O–H groups in total. The van der Waals surface area contributed by atoms with Crippen LogP contribution in [0.15, 0.2) is 11.8 Å². The van der Waals surface area contributed by atoms with Crippen molar-refractivity contribution in [2.24, 2.45) is 0 Å². The zero-order valence-electron chi connectivity index (χ0n) is 9.23. The first-order valence-corrected chi connectivity index (χ1v) is 5.22. The standard InChI is InChI=1S/C11H23NO/c1-4-8-11(13-3)9-6-5-7-10-12-2/h8,12H,4-7,9-10H2,1-3H3/b11-8+. The number of rotatable bonds is 8. The summed E-state index contributed by atoms with van der Waals surface area (Å²) in [6, 6.07) is 0. The largest absolute Gasteiger partial charge is 0.501 e. The topological polar surface area (TPSA) is 21.3 Å². The molecule has 13 heavy (non-hydrogen) atoms. The smallest absolute Gasteiger partial charge is 0.0915 e. The number of hydrogen-bond acceptors (Lipinski definition) is 2. The molecule has 0 aromatic heterocycles. The first kappa shape index (κ1) is 12.5. The Kier molecular flexibility index (Phi) is 9.22. The quantitative estimate of drug-likeness (QED) is 0.464. The van der Waals surface area contributed by atoms with Crippen LogP contribution in [0.4, 0.5) is 0 Å². The Bertz CT molecular complexity index is 132. The molecule has 0 aromatic carbocycles. The molecule has 78 valence electrons. The Labute approximate surface area is 82.4 Å². The minimum atomic E-state index is 1.07. The Morgan fingerprint density at radius 3 is 2.62 bits per heavy atom. The van der Waals surface area contributed by atoms with E-state index >= 15 is 0 Å². The van der Waals surface area contributed by atoms with Crippen LogP contribution in [0.3, 0.4) is 0 Å². The molecule has 0 amide bonds. The minimum absolute atomic E-state index is 1.07. The number of unbranched alkanes of at least 4 members (excludes halogenated alkanes) is 2. The van der Waals surface area contributed by atoms with Crippen LogP contribution < -0.4 is 5.32 Å². The second-order valence-corrected chi connectivity index (χ2v) is 3.20. The van der Waals surface area contributed by atoms with Gasteiger partial charge < -0.3 is 10.1 Å². The highest BCUT2D eigenvalue weighted by atomic mass is 16.5. The predicted molar refractivity (Wildman–Crippen MR) is 57.8 cm³/mol. The highest BCUT2D eigenvalue weighted by Crippen LogP contribution is 2.09. The fourth-order valence-electron chi connectivity index (χ4n) is 1.29. The molecule has 0 heterocycles. The second kappa shape index (κ2) is 9.59. The average molecular weight is 185 g/mol. The molecular weight excluding hydrogens is 162 g/mol. The molecule has 0 saturated heterocycles. The normalized spacial score (nSPS) is 11.8. The summed E-state index contributed by atoms with van der Waals surface area (Å²) in [5, 5.41) is 3.15. The van der Waals surface area contributed by atoms with E-state index in [0.717, 1.165) is 25.1 Å². The summed E-state index contributed by atoms with van der Waals surface area (Å²) < 4.78 is 5.24. The zero-order chi connectivity index (χ0) is 9.94. The van der Waals surface area contributed by atoms with Crippen molar-refractivity contribution >= 4 is 0 Å². The van der Waals surface area contributed by atoms with E-state index in [1.54, 1.807) is 7.11 Å². The van der Waals surface area contributed by atoms with E-state index in [9.17, 15) is 0 Å². The Morgan fingerprint density at radius 1 is 1.31 bits per heavy atom. The van der Waals surface area contributed by atoms with E-state index in [2.05, 4.69) is 18.3 Å². The highest BCUT2D eigenvalue weighted by Gasteiger charge is 1.95. The highest BCUT2D eigenvalue weighted by molar-refractivity contribution is 4.91. The van der Waals surface area contributed by atoms with Gasteiger partial charge in [0.2, 0.25) is 0 Å². The minimum Gasteiger partial charge on any atom is -0.501 e. The fraction of sp³-hybridized carbons (Fsp3) is 0.818. The van der Waals surface area contributed by atoms with Gasteiger partial charge >= 0.3 is 0 Å². The van der Waals surface area contributed by atoms with E-state index in [1.807, 2.05) is 7.05 Å². The maximum absolute atomic E-state index is 5.24. The van der Waals surface area contributed by atoms with E-state index in [0.29, 0.717) is 0 Å². The van der Waals surface area contributed by atoms with Crippen LogP contribution in [-0.4, -0.2) is 20.7 Å². The summed E-state index contributed by atoms with van der Waals surface area (Å²) in [6.45, 7) is 3.26. The lowest BCUT2D eigenvalue weighted by atomic mass is 10.1. The summed E-state index contributed by atoms with van der Waals surface area (Å²) in [5.41, 5.74) is 0. The van der Waals surface area contributed by atoms with E-state index in [1.165, 1.54) is 19.3 Å². The molecule has 0 aliphatic heterocycles. The van der Waals surface area contributed by atoms with Gasteiger partial charge in [-0.25, -0.2) is 0 Å². The van der Waals surface area contributed by atoms with Crippen molar-refractivity contribution in [2.75, 3.05) is 20.7 Å². The summed E-state index contributed by atoms with van der Waals surface area (Å²) in [7, 11) is 3.76. The average Bonchev–Trinajstić information content (AvgIpc) is 2.16. The van der Waals surface area contributed by atoms with Crippen molar-refractivity contribution in [3.63, 3.8) is 0 Å². The molecule has 0 atom stereocenters. The molecule has 2 nitrogen and oxygen atoms in total. The van der Waals surface area contributed by atoms with Gasteiger partial charge in [-0.1, -0.05) is 13.3 Å². The summed E-state index contributed by atoms with van der Waals surface area (Å²) in [4.78, 5) is 0. The Morgan fingerprint density at radius 2 is 2.08 bits per heavy atom. The summed E-state index contributed by atoms with van der Waals surface area (Å²) >= 11 is 0. The third kappa shape index (κ3) is 7.85. The van der Waals surface area contributed by atoms with Crippen molar-refractivity contribution in [3.8, 4) is 0 Å². The first-order chi connectivity index (χ1) is 6.35. The molecule has 0 rings (SSSR count). The molecule has 0 fully saturated rings. The van der Waals surface area contributed by atoms with Crippen LogP contribution in [0.5, 0.6) is 0 Å². The number of nitrogens with one attached hydrogen (secondary N) is 1. The van der Waals surface area contributed by atoms with Gasteiger partial charge in [0.15, 0.2) is 0 Å². The lowest BCUT2D eigenvalue weighted by Gasteiger charge is -2.05. The fourth-order valence-corrected chi connectivity index (χ4v) is 1.29. The zero-order valence-corrected chi connectivity index (χ0v) is 9.23. The van der Waals surface area contributed by atoms with Crippen LogP contribution in [-0.2, 0) is 4.74 Å². The van der Waals surface area contributed by atoms with E-state index in [-0.39, 0.29) is 0 Å². The summed E-state index contributed by atoms with van der Waals surface area (Å²) in [6.07, 6.45) is 8.11. The Balaban J connectivity index is 3.33. The van der Waals surface area contributed by atoms with Gasteiger partial charge in [0, 0.05) is 6.42 Å². The third-order valence-electron chi connectivity index (χ3n) is 2.04. The van der Waals surface area contributed by atoms with Crippen LogP contribution in [0, 0.1) is 0 Å². The van der Waals surface area contributed by atoms with Gasteiger partial charge in [-0.2, -0.15) is 0 Å². The van der Waals surface area contributed by atoms with Crippen LogP contribution in [0.25, 0.3) is 0 Å². The lowest BCUT2D eigenvalue weighted by Crippen LogP contribution is -2.06. The number of allylic oxidation sites excluding steroid dienone is 2. The Hall–Kier alpha value is -0.500. The van der Waals surface area contributed by atoms with Gasteiger partial charge in [0.1, 0.15) is 0 Å². The summed E-state index contributed by atoms with van der Waals surface area (Å²) in [5.74, 6) is 1.15. The van der Waals surface area contributed by atoms with Gasteiger partial charge in [-0.3, -0.25) is 0 Å². The van der Waals surface area contributed by atoms with Crippen molar-refractivity contribution in [2.45, 2.75) is 39.0 Å². The van der Waals surface area contributed by atoms with Gasteiger partial charge in [-0.05, 0) is 38.9 Å².